The highest BCUT2D eigenvalue weighted by atomic mass is 16.3. The van der Waals surface area contributed by atoms with Crippen LogP contribution in [0.5, 0.6) is 0 Å². The molecule has 0 amide bonds. The van der Waals surface area contributed by atoms with Crippen LogP contribution < -0.4 is 5.32 Å². The number of rotatable bonds is 5. The van der Waals surface area contributed by atoms with E-state index in [1.807, 2.05) is 6.92 Å². The molecule has 4 heteroatoms. The van der Waals surface area contributed by atoms with Gasteiger partial charge in [0.25, 0.3) is 0 Å². The Labute approximate surface area is 98.6 Å². The molecule has 1 saturated heterocycles. The zero-order valence-electron chi connectivity index (χ0n) is 10.7. The third-order valence-electron chi connectivity index (χ3n) is 3.64. The molecule has 0 aliphatic carbocycles. The largest absolute Gasteiger partial charge is 0.394 e. The van der Waals surface area contributed by atoms with Gasteiger partial charge in [-0.05, 0) is 46.2 Å². The predicted molar refractivity (Wildman–Crippen MR) is 65.4 cm³/mol. The zero-order chi connectivity index (χ0) is 12.2. The van der Waals surface area contributed by atoms with Crippen molar-refractivity contribution in [2.24, 2.45) is 5.92 Å². The van der Waals surface area contributed by atoms with E-state index in [-0.39, 0.29) is 13.2 Å². The normalized spacial score (nSPS) is 25.7. The molecule has 0 aromatic rings. The van der Waals surface area contributed by atoms with Gasteiger partial charge in [0.1, 0.15) is 0 Å². The van der Waals surface area contributed by atoms with Crippen LogP contribution in [0.2, 0.25) is 0 Å². The molecule has 96 valence electrons. The van der Waals surface area contributed by atoms with Gasteiger partial charge < -0.3 is 20.4 Å². The number of piperidine rings is 1. The van der Waals surface area contributed by atoms with Crippen molar-refractivity contribution in [1.29, 1.82) is 0 Å². The summed E-state index contributed by atoms with van der Waals surface area (Å²) in [4.78, 5) is 2.35. The summed E-state index contributed by atoms with van der Waals surface area (Å²) in [5, 5.41) is 21.9. The van der Waals surface area contributed by atoms with Crippen molar-refractivity contribution in [2.75, 3.05) is 33.4 Å². The van der Waals surface area contributed by atoms with Gasteiger partial charge in [0.15, 0.2) is 0 Å². The molecule has 1 fully saturated rings. The maximum Gasteiger partial charge on any atom is 0.0633 e. The summed E-state index contributed by atoms with van der Waals surface area (Å²) in [7, 11) is 2.15. The van der Waals surface area contributed by atoms with Crippen molar-refractivity contribution in [2.45, 2.75) is 38.3 Å². The molecular formula is C12H26N2O2. The molecule has 2 atom stereocenters. The molecule has 0 bridgehead atoms. The minimum absolute atomic E-state index is 0.0313. The number of nitrogens with zero attached hydrogens (tertiary/aromatic N) is 1. The Morgan fingerprint density at radius 1 is 1.44 bits per heavy atom. The van der Waals surface area contributed by atoms with Crippen molar-refractivity contribution in [3.63, 3.8) is 0 Å². The van der Waals surface area contributed by atoms with E-state index in [9.17, 15) is 10.2 Å². The van der Waals surface area contributed by atoms with Crippen LogP contribution in [-0.4, -0.2) is 60.0 Å². The molecule has 0 aromatic carbocycles. The second kappa shape index (κ2) is 5.96. The summed E-state index contributed by atoms with van der Waals surface area (Å²) in [6.07, 6.45) is 2.47. The fourth-order valence-electron chi connectivity index (χ4n) is 2.42. The van der Waals surface area contributed by atoms with Gasteiger partial charge in [-0.15, -0.1) is 0 Å². The molecule has 0 saturated carbocycles. The first-order valence-electron chi connectivity index (χ1n) is 6.19. The topological polar surface area (TPSA) is 55.7 Å². The van der Waals surface area contributed by atoms with Crippen LogP contribution in [0.25, 0.3) is 0 Å². The minimum Gasteiger partial charge on any atom is -0.394 e. The summed E-state index contributed by atoms with van der Waals surface area (Å²) in [5.41, 5.74) is -0.560. The molecule has 0 radical (unpaired) electrons. The average Bonchev–Trinajstić information content (AvgIpc) is 2.29. The van der Waals surface area contributed by atoms with Crippen LogP contribution in [0.15, 0.2) is 0 Å². The van der Waals surface area contributed by atoms with Crippen molar-refractivity contribution in [1.82, 2.24) is 10.2 Å². The minimum atomic E-state index is -0.560. The summed E-state index contributed by atoms with van der Waals surface area (Å²) in [6.45, 7) is 6.22. The van der Waals surface area contributed by atoms with Gasteiger partial charge in [-0.25, -0.2) is 0 Å². The Morgan fingerprint density at radius 2 is 2.06 bits per heavy atom. The molecule has 0 aromatic heterocycles. The Morgan fingerprint density at radius 3 is 2.56 bits per heavy atom. The third kappa shape index (κ3) is 3.70. The number of hydrogen-bond acceptors (Lipinski definition) is 4. The summed E-state index contributed by atoms with van der Waals surface area (Å²) in [6, 6.07) is 0.326. The molecule has 1 heterocycles. The zero-order valence-corrected chi connectivity index (χ0v) is 10.7. The van der Waals surface area contributed by atoms with Gasteiger partial charge in [-0.3, -0.25) is 0 Å². The lowest BCUT2D eigenvalue weighted by Gasteiger charge is -2.38. The predicted octanol–water partition coefficient (Wildman–Crippen LogP) is 0.0496. The SMILES string of the molecule is CC(NC(C)(CO)CO)C1CCCN(C)C1. The molecule has 1 aliphatic heterocycles. The van der Waals surface area contributed by atoms with E-state index in [1.54, 1.807) is 0 Å². The average molecular weight is 230 g/mol. The van der Waals surface area contributed by atoms with Crippen LogP contribution in [0, 0.1) is 5.92 Å². The van der Waals surface area contributed by atoms with Crippen molar-refractivity contribution in [3.05, 3.63) is 0 Å². The summed E-state index contributed by atoms with van der Waals surface area (Å²) >= 11 is 0. The van der Waals surface area contributed by atoms with Crippen molar-refractivity contribution in [3.8, 4) is 0 Å². The fraction of sp³-hybridized carbons (Fsp3) is 1.00. The van der Waals surface area contributed by atoms with E-state index in [1.165, 1.54) is 19.4 Å². The van der Waals surface area contributed by atoms with Gasteiger partial charge in [0.2, 0.25) is 0 Å². The highest BCUT2D eigenvalue weighted by Gasteiger charge is 2.29. The number of hydrogen-bond donors (Lipinski definition) is 3. The van der Waals surface area contributed by atoms with Crippen molar-refractivity contribution >= 4 is 0 Å². The molecule has 1 aliphatic rings. The first-order valence-corrected chi connectivity index (χ1v) is 6.19. The second-order valence-electron chi connectivity index (χ2n) is 5.47. The highest BCUT2D eigenvalue weighted by Crippen LogP contribution is 2.20. The van der Waals surface area contributed by atoms with E-state index < -0.39 is 5.54 Å². The number of aliphatic hydroxyl groups is 2. The molecule has 4 nitrogen and oxygen atoms in total. The molecular weight excluding hydrogens is 204 g/mol. The quantitative estimate of drug-likeness (QED) is 0.625. The number of likely N-dealkylation sites (tertiary alicyclic amines) is 1. The van der Waals surface area contributed by atoms with E-state index >= 15 is 0 Å². The molecule has 16 heavy (non-hydrogen) atoms. The monoisotopic (exact) mass is 230 g/mol. The van der Waals surface area contributed by atoms with Gasteiger partial charge in [0.05, 0.1) is 18.8 Å². The molecule has 1 rings (SSSR count). The third-order valence-corrected chi connectivity index (χ3v) is 3.64. The lowest BCUT2D eigenvalue weighted by atomic mass is 9.90. The summed E-state index contributed by atoms with van der Waals surface area (Å²) in [5.74, 6) is 0.608. The van der Waals surface area contributed by atoms with Crippen LogP contribution >= 0.6 is 0 Å². The van der Waals surface area contributed by atoms with E-state index in [4.69, 9.17) is 0 Å². The van der Waals surface area contributed by atoms with Crippen LogP contribution in [0.1, 0.15) is 26.7 Å². The van der Waals surface area contributed by atoms with E-state index in [0.717, 1.165) is 6.54 Å². The fourth-order valence-corrected chi connectivity index (χ4v) is 2.42. The summed E-state index contributed by atoms with van der Waals surface area (Å²) < 4.78 is 0. The Balaban J connectivity index is 2.47. The highest BCUT2D eigenvalue weighted by molar-refractivity contribution is 4.88. The first-order chi connectivity index (χ1) is 7.50. The molecule has 3 N–H and O–H groups in total. The molecule has 0 spiro atoms. The van der Waals surface area contributed by atoms with E-state index in [0.29, 0.717) is 12.0 Å². The van der Waals surface area contributed by atoms with Crippen LogP contribution in [-0.2, 0) is 0 Å². The Kier molecular flexibility index (Phi) is 5.18. The standard InChI is InChI=1S/C12H26N2O2/c1-10(13-12(2,8-15)9-16)11-5-4-6-14(3)7-11/h10-11,13,15-16H,4-9H2,1-3H3. The van der Waals surface area contributed by atoms with Crippen LogP contribution in [0.3, 0.4) is 0 Å². The smallest absolute Gasteiger partial charge is 0.0633 e. The van der Waals surface area contributed by atoms with Crippen LogP contribution in [0.4, 0.5) is 0 Å². The Hall–Kier alpha value is -0.160. The first kappa shape index (κ1) is 13.9. The van der Waals surface area contributed by atoms with Gasteiger partial charge in [-0.1, -0.05) is 0 Å². The molecule has 2 unspecified atom stereocenters. The number of aliphatic hydroxyl groups excluding tert-OH is 2. The van der Waals surface area contributed by atoms with Gasteiger partial charge in [0, 0.05) is 12.6 Å². The van der Waals surface area contributed by atoms with Gasteiger partial charge >= 0.3 is 0 Å². The van der Waals surface area contributed by atoms with E-state index in [2.05, 4.69) is 24.2 Å². The Bertz CT molecular complexity index is 207. The lowest BCUT2D eigenvalue weighted by molar-refractivity contribution is 0.0772. The maximum atomic E-state index is 9.25. The number of nitrogens with one attached hydrogen (secondary N) is 1. The maximum absolute atomic E-state index is 9.25. The lowest BCUT2D eigenvalue weighted by Crippen LogP contribution is -2.56. The van der Waals surface area contributed by atoms with Gasteiger partial charge in [-0.2, -0.15) is 0 Å². The van der Waals surface area contributed by atoms with Crippen molar-refractivity contribution < 1.29 is 10.2 Å². The second-order valence-corrected chi connectivity index (χ2v) is 5.47.